The molecule has 0 aliphatic heterocycles. The van der Waals surface area contributed by atoms with Gasteiger partial charge in [0.15, 0.2) is 0 Å². The summed E-state index contributed by atoms with van der Waals surface area (Å²) >= 11 is 0. The van der Waals surface area contributed by atoms with Crippen molar-refractivity contribution in [3.8, 4) is 0 Å². The highest BCUT2D eigenvalue weighted by Crippen LogP contribution is 2.25. The zero-order valence-electron chi connectivity index (χ0n) is 8.83. The Balaban J connectivity index is 2.06. The lowest BCUT2D eigenvalue weighted by Gasteiger charge is -2.20. The van der Waals surface area contributed by atoms with Crippen LogP contribution in [0.1, 0.15) is 37.8 Å². The van der Waals surface area contributed by atoms with E-state index in [2.05, 4.69) is 9.97 Å². The van der Waals surface area contributed by atoms with Crippen LogP contribution in [-0.4, -0.2) is 9.97 Å². The minimum atomic E-state index is -0.145. The van der Waals surface area contributed by atoms with Crippen LogP contribution in [0.25, 0.3) is 0 Å². The van der Waals surface area contributed by atoms with Gasteiger partial charge in [0, 0.05) is 6.07 Å². The average molecular weight is 207 g/mol. The number of anilines is 1. The maximum Gasteiger partial charge on any atom is 0.252 e. The molecule has 1 aliphatic carbocycles. The number of nitrogens with two attached hydrogens (primary N) is 1. The Morgan fingerprint density at radius 2 is 2.13 bits per heavy atom. The highest BCUT2D eigenvalue weighted by molar-refractivity contribution is 5.17. The molecule has 0 atom stereocenters. The van der Waals surface area contributed by atoms with Gasteiger partial charge in [-0.2, -0.15) is 0 Å². The van der Waals surface area contributed by atoms with Gasteiger partial charge in [0.25, 0.3) is 5.56 Å². The van der Waals surface area contributed by atoms with Crippen LogP contribution in [0.2, 0.25) is 0 Å². The van der Waals surface area contributed by atoms with Crippen molar-refractivity contribution in [1.29, 1.82) is 0 Å². The number of rotatable bonds is 2. The molecule has 82 valence electrons. The van der Waals surface area contributed by atoms with Gasteiger partial charge in [0.1, 0.15) is 0 Å². The molecular formula is C11H17N3O. The molecule has 0 radical (unpaired) electrons. The summed E-state index contributed by atoms with van der Waals surface area (Å²) in [6.07, 6.45) is 7.38. The van der Waals surface area contributed by atoms with Gasteiger partial charge < -0.3 is 5.73 Å². The number of aromatic amines is 1. The molecule has 1 aromatic rings. The number of nitrogens with zero attached hydrogens (tertiary/aromatic N) is 1. The fraction of sp³-hybridized carbons (Fsp3) is 0.636. The first kappa shape index (κ1) is 10.2. The summed E-state index contributed by atoms with van der Waals surface area (Å²) in [6, 6.07) is 1.56. The average Bonchev–Trinajstić information content (AvgIpc) is 2.17. The van der Waals surface area contributed by atoms with Crippen LogP contribution in [0.15, 0.2) is 10.9 Å². The van der Waals surface area contributed by atoms with E-state index in [9.17, 15) is 4.79 Å². The fourth-order valence-electron chi connectivity index (χ4n) is 2.32. The molecule has 2 rings (SSSR count). The van der Waals surface area contributed by atoms with E-state index in [0.717, 1.165) is 12.1 Å². The van der Waals surface area contributed by atoms with Crippen LogP contribution in [0.3, 0.4) is 0 Å². The lowest BCUT2D eigenvalue weighted by atomic mass is 9.86. The minimum Gasteiger partial charge on any atom is -0.369 e. The number of nitrogen functional groups attached to an aromatic ring is 1. The maximum atomic E-state index is 11.2. The zero-order valence-corrected chi connectivity index (χ0v) is 8.83. The molecule has 1 aliphatic rings. The van der Waals surface area contributed by atoms with Crippen LogP contribution in [0, 0.1) is 5.92 Å². The van der Waals surface area contributed by atoms with E-state index in [0.29, 0.717) is 5.92 Å². The molecule has 15 heavy (non-hydrogen) atoms. The van der Waals surface area contributed by atoms with Crippen molar-refractivity contribution in [2.24, 2.45) is 5.92 Å². The number of aromatic nitrogens is 2. The minimum absolute atomic E-state index is 0.145. The predicted octanol–water partition coefficient (Wildman–Crippen LogP) is 1.47. The van der Waals surface area contributed by atoms with Crippen molar-refractivity contribution in [2.45, 2.75) is 38.5 Å². The number of H-pyrrole nitrogens is 1. The predicted molar refractivity (Wildman–Crippen MR) is 59.5 cm³/mol. The van der Waals surface area contributed by atoms with Gasteiger partial charge in [-0.1, -0.05) is 32.1 Å². The molecule has 0 aromatic carbocycles. The molecule has 1 fully saturated rings. The van der Waals surface area contributed by atoms with E-state index in [1.165, 1.54) is 32.1 Å². The Labute approximate surface area is 88.9 Å². The van der Waals surface area contributed by atoms with Gasteiger partial charge in [0.2, 0.25) is 5.95 Å². The first-order valence-electron chi connectivity index (χ1n) is 5.60. The fourth-order valence-corrected chi connectivity index (χ4v) is 2.32. The molecule has 3 N–H and O–H groups in total. The molecule has 0 unspecified atom stereocenters. The Kier molecular flexibility index (Phi) is 3.04. The van der Waals surface area contributed by atoms with Crippen molar-refractivity contribution in [2.75, 3.05) is 5.73 Å². The smallest absolute Gasteiger partial charge is 0.252 e. The first-order valence-corrected chi connectivity index (χ1v) is 5.60. The third-order valence-electron chi connectivity index (χ3n) is 3.04. The summed E-state index contributed by atoms with van der Waals surface area (Å²) in [7, 11) is 0. The van der Waals surface area contributed by atoms with E-state index >= 15 is 0 Å². The molecule has 1 aromatic heterocycles. The standard InChI is InChI=1S/C11H17N3O/c12-11-13-9(7-10(15)14-11)6-8-4-2-1-3-5-8/h7-8H,1-6H2,(H3,12,13,14,15). The third-order valence-corrected chi connectivity index (χ3v) is 3.04. The second-order valence-electron chi connectivity index (χ2n) is 4.33. The number of hydrogen-bond acceptors (Lipinski definition) is 3. The molecule has 0 spiro atoms. The lowest BCUT2D eigenvalue weighted by molar-refractivity contribution is 0.354. The summed E-state index contributed by atoms with van der Waals surface area (Å²) in [5, 5.41) is 0. The lowest BCUT2D eigenvalue weighted by Crippen LogP contribution is -2.16. The van der Waals surface area contributed by atoms with E-state index in [1.807, 2.05) is 0 Å². The highest BCUT2D eigenvalue weighted by Gasteiger charge is 2.14. The van der Waals surface area contributed by atoms with Gasteiger partial charge in [-0.25, -0.2) is 4.98 Å². The third kappa shape index (κ3) is 2.81. The van der Waals surface area contributed by atoms with E-state index in [4.69, 9.17) is 5.73 Å². The second-order valence-corrected chi connectivity index (χ2v) is 4.33. The molecule has 0 bridgehead atoms. The van der Waals surface area contributed by atoms with Crippen LogP contribution in [-0.2, 0) is 6.42 Å². The molecule has 1 saturated carbocycles. The van der Waals surface area contributed by atoms with E-state index < -0.39 is 0 Å². The monoisotopic (exact) mass is 207 g/mol. The summed E-state index contributed by atoms with van der Waals surface area (Å²) in [4.78, 5) is 17.8. The van der Waals surface area contributed by atoms with Gasteiger partial charge in [0.05, 0.1) is 5.69 Å². The van der Waals surface area contributed by atoms with E-state index in [-0.39, 0.29) is 11.5 Å². The van der Waals surface area contributed by atoms with Crippen LogP contribution in [0.5, 0.6) is 0 Å². The molecular weight excluding hydrogens is 190 g/mol. The molecule has 0 saturated heterocycles. The summed E-state index contributed by atoms with van der Waals surface area (Å²) in [5.74, 6) is 0.917. The zero-order chi connectivity index (χ0) is 10.7. The Morgan fingerprint density at radius 3 is 2.80 bits per heavy atom. The van der Waals surface area contributed by atoms with Crippen LogP contribution >= 0.6 is 0 Å². The molecule has 4 heteroatoms. The first-order chi connectivity index (χ1) is 7.24. The van der Waals surface area contributed by atoms with Crippen molar-refractivity contribution < 1.29 is 0 Å². The quantitative estimate of drug-likeness (QED) is 0.771. The molecule has 1 heterocycles. The van der Waals surface area contributed by atoms with Crippen molar-refractivity contribution in [3.05, 3.63) is 22.1 Å². The maximum absolute atomic E-state index is 11.2. The van der Waals surface area contributed by atoms with Gasteiger partial charge in [-0.15, -0.1) is 0 Å². The van der Waals surface area contributed by atoms with Crippen molar-refractivity contribution in [1.82, 2.24) is 9.97 Å². The summed E-state index contributed by atoms with van der Waals surface area (Å²) in [5.41, 5.74) is 6.19. The largest absolute Gasteiger partial charge is 0.369 e. The Bertz CT molecular complexity index is 380. The van der Waals surface area contributed by atoms with Crippen molar-refractivity contribution >= 4 is 5.95 Å². The number of hydrogen-bond donors (Lipinski definition) is 2. The normalized spacial score (nSPS) is 17.9. The second kappa shape index (κ2) is 4.47. The van der Waals surface area contributed by atoms with Gasteiger partial charge >= 0.3 is 0 Å². The van der Waals surface area contributed by atoms with Gasteiger partial charge in [-0.05, 0) is 12.3 Å². The Morgan fingerprint density at radius 1 is 1.40 bits per heavy atom. The topological polar surface area (TPSA) is 71.8 Å². The molecule has 4 nitrogen and oxygen atoms in total. The summed E-state index contributed by atoms with van der Waals surface area (Å²) in [6.45, 7) is 0. The Hall–Kier alpha value is -1.32. The van der Waals surface area contributed by atoms with Crippen molar-refractivity contribution in [3.63, 3.8) is 0 Å². The summed E-state index contributed by atoms with van der Waals surface area (Å²) < 4.78 is 0. The number of nitrogens with one attached hydrogen (secondary N) is 1. The van der Waals surface area contributed by atoms with Crippen LogP contribution < -0.4 is 11.3 Å². The highest BCUT2D eigenvalue weighted by atomic mass is 16.1. The van der Waals surface area contributed by atoms with Crippen LogP contribution in [0.4, 0.5) is 5.95 Å². The van der Waals surface area contributed by atoms with E-state index in [1.54, 1.807) is 6.07 Å². The SMILES string of the molecule is Nc1nc(CC2CCCCC2)cc(=O)[nH]1. The molecule has 0 amide bonds. The van der Waals surface area contributed by atoms with Gasteiger partial charge in [-0.3, -0.25) is 9.78 Å².